The Morgan fingerprint density at radius 2 is 2.11 bits per heavy atom. The van der Waals surface area contributed by atoms with E-state index in [1.54, 1.807) is 7.05 Å². The average Bonchev–Trinajstić information content (AvgIpc) is 2.59. The van der Waals surface area contributed by atoms with E-state index in [1.165, 1.54) is 4.90 Å². The quantitative estimate of drug-likeness (QED) is 0.656. The fourth-order valence-electron chi connectivity index (χ4n) is 2.01. The van der Waals surface area contributed by atoms with Gasteiger partial charge in [0, 0.05) is 13.6 Å². The molecule has 1 rings (SSSR count). The number of aliphatic carboxylic acids is 1. The number of hydrogen-bond donors (Lipinski definition) is 3. The molecular weight excluding hydrogens is 250 g/mol. The Bertz CT molecular complexity index is 370. The van der Waals surface area contributed by atoms with E-state index in [4.69, 9.17) is 5.11 Å². The van der Waals surface area contributed by atoms with Gasteiger partial charge in [-0.25, -0.2) is 9.59 Å². The predicted molar refractivity (Wildman–Crippen MR) is 68.6 cm³/mol. The van der Waals surface area contributed by atoms with Crippen LogP contribution in [0.5, 0.6) is 0 Å². The lowest BCUT2D eigenvalue weighted by molar-refractivity contribution is -0.139. The van der Waals surface area contributed by atoms with Crippen molar-refractivity contribution in [3.63, 3.8) is 0 Å². The van der Waals surface area contributed by atoms with Crippen LogP contribution >= 0.6 is 0 Å². The van der Waals surface area contributed by atoms with Crippen molar-refractivity contribution in [2.24, 2.45) is 5.92 Å². The smallest absolute Gasteiger partial charge is 0.326 e. The summed E-state index contributed by atoms with van der Waals surface area (Å²) in [5, 5.41) is 13.9. The van der Waals surface area contributed by atoms with Gasteiger partial charge in [-0.2, -0.15) is 0 Å². The normalized spacial score (nSPS) is 20.5. The van der Waals surface area contributed by atoms with Crippen LogP contribution in [0.1, 0.15) is 26.7 Å². The van der Waals surface area contributed by atoms with Crippen molar-refractivity contribution in [1.29, 1.82) is 0 Å². The molecule has 1 aliphatic heterocycles. The Hall–Kier alpha value is -1.79. The number of urea groups is 1. The minimum atomic E-state index is -1.07. The average molecular weight is 271 g/mol. The molecule has 19 heavy (non-hydrogen) atoms. The van der Waals surface area contributed by atoms with Gasteiger partial charge in [0.05, 0.1) is 0 Å². The highest BCUT2D eigenvalue weighted by Crippen LogP contribution is 2.09. The molecule has 7 nitrogen and oxygen atoms in total. The number of carboxylic acid groups (broad SMARTS) is 1. The number of nitrogens with one attached hydrogen (secondary N) is 2. The summed E-state index contributed by atoms with van der Waals surface area (Å²) in [5.41, 5.74) is 0. The maximum absolute atomic E-state index is 11.7. The zero-order chi connectivity index (χ0) is 14.6. The van der Waals surface area contributed by atoms with Crippen LogP contribution in [0.15, 0.2) is 0 Å². The van der Waals surface area contributed by atoms with Gasteiger partial charge in [-0.05, 0) is 18.8 Å². The minimum absolute atomic E-state index is 0.147. The molecule has 0 aromatic heterocycles. The van der Waals surface area contributed by atoms with Gasteiger partial charge in [0.25, 0.3) is 0 Å². The van der Waals surface area contributed by atoms with Gasteiger partial charge in [-0.15, -0.1) is 0 Å². The highest BCUT2D eigenvalue weighted by molar-refractivity contribution is 5.89. The van der Waals surface area contributed by atoms with E-state index in [1.807, 2.05) is 13.8 Å². The van der Waals surface area contributed by atoms with Crippen LogP contribution in [0, 0.1) is 5.92 Å². The molecule has 0 radical (unpaired) electrons. The van der Waals surface area contributed by atoms with E-state index in [9.17, 15) is 14.4 Å². The monoisotopic (exact) mass is 271 g/mol. The molecule has 1 unspecified atom stereocenters. The lowest BCUT2D eigenvalue weighted by Crippen LogP contribution is -2.51. The van der Waals surface area contributed by atoms with Crippen LogP contribution in [0.3, 0.4) is 0 Å². The van der Waals surface area contributed by atoms with Gasteiger partial charge in [-0.3, -0.25) is 4.79 Å². The van der Waals surface area contributed by atoms with Gasteiger partial charge < -0.3 is 20.6 Å². The maximum atomic E-state index is 11.7. The number of nitrogens with zero attached hydrogens (tertiary/aromatic N) is 1. The molecule has 0 spiro atoms. The van der Waals surface area contributed by atoms with Crippen LogP contribution in [-0.2, 0) is 9.59 Å². The summed E-state index contributed by atoms with van der Waals surface area (Å²) in [6.07, 6.45) is 0.895. The standard InChI is InChI=1S/C12H21N3O4/c1-7(2)6-9(11(17)18)14-12(19)13-8-4-5-15(3)10(8)16/h7-9H,4-6H2,1-3H3,(H,17,18)(H2,13,14,19)/t8?,9-/m1/s1. The van der Waals surface area contributed by atoms with Crippen molar-refractivity contribution in [2.75, 3.05) is 13.6 Å². The molecule has 0 bridgehead atoms. The SMILES string of the molecule is CC(C)C[C@@H](NC(=O)NC1CCN(C)C1=O)C(=O)O. The Morgan fingerprint density at radius 3 is 2.53 bits per heavy atom. The largest absolute Gasteiger partial charge is 0.480 e. The summed E-state index contributed by atoms with van der Waals surface area (Å²) < 4.78 is 0. The van der Waals surface area contributed by atoms with Crippen molar-refractivity contribution in [1.82, 2.24) is 15.5 Å². The van der Waals surface area contributed by atoms with Crippen molar-refractivity contribution in [3.8, 4) is 0 Å². The molecule has 2 atom stereocenters. The summed E-state index contributed by atoms with van der Waals surface area (Å²) in [5.74, 6) is -1.06. The summed E-state index contributed by atoms with van der Waals surface area (Å²) in [6, 6.07) is -2.10. The minimum Gasteiger partial charge on any atom is -0.480 e. The third-order valence-corrected chi connectivity index (χ3v) is 3.04. The highest BCUT2D eigenvalue weighted by atomic mass is 16.4. The van der Waals surface area contributed by atoms with Crippen molar-refractivity contribution in [2.45, 2.75) is 38.8 Å². The van der Waals surface area contributed by atoms with Gasteiger partial charge in [-0.1, -0.05) is 13.8 Å². The number of carbonyl (C=O) groups excluding carboxylic acids is 2. The Labute approximate surface area is 112 Å². The van der Waals surface area contributed by atoms with Crippen molar-refractivity contribution in [3.05, 3.63) is 0 Å². The molecule has 3 N–H and O–H groups in total. The summed E-state index contributed by atoms with van der Waals surface area (Å²) in [7, 11) is 1.67. The van der Waals surface area contributed by atoms with E-state index < -0.39 is 24.1 Å². The van der Waals surface area contributed by atoms with Crippen LogP contribution in [0.2, 0.25) is 0 Å². The van der Waals surface area contributed by atoms with E-state index in [0.29, 0.717) is 19.4 Å². The van der Waals surface area contributed by atoms with Gasteiger partial charge in [0.2, 0.25) is 5.91 Å². The van der Waals surface area contributed by atoms with E-state index in [2.05, 4.69) is 10.6 Å². The first-order valence-corrected chi connectivity index (χ1v) is 6.36. The number of carbonyl (C=O) groups is 3. The maximum Gasteiger partial charge on any atom is 0.326 e. The number of hydrogen-bond acceptors (Lipinski definition) is 3. The molecule has 0 saturated carbocycles. The lowest BCUT2D eigenvalue weighted by Gasteiger charge is -2.18. The fourth-order valence-corrected chi connectivity index (χ4v) is 2.01. The first-order chi connectivity index (χ1) is 8.81. The molecule has 7 heteroatoms. The van der Waals surface area contributed by atoms with Crippen LogP contribution in [-0.4, -0.2) is 53.6 Å². The fraction of sp³-hybridized carbons (Fsp3) is 0.750. The zero-order valence-corrected chi connectivity index (χ0v) is 11.5. The van der Waals surface area contributed by atoms with Gasteiger partial charge in [0.15, 0.2) is 0 Å². The number of likely N-dealkylation sites (tertiary alicyclic amines) is 1. The van der Waals surface area contributed by atoms with Gasteiger partial charge in [0.1, 0.15) is 12.1 Å². The number of rotatable bonds is 5. The molecule has 1 aliphatic rings. The predicted octanol–water partition coefficient (Wildman–Crippen LogP) is 0.0156. The number of likely N-dealkylation sites (N-methyl/N-ethyl adjacent to an activating group) is 1. The first kappa shape index (κ1) is 15.3. The van der Waals surface area contributed by atoms with E-state index in [0.717, 1.165) is 0 Å². The molecule has 0 aliphatic carbocycles. The van der Waals surface area contributed by atoms with E-state index in [-0.39, 0.29) is 11.8 Å². The number of carboxylic acids is 1. The molecule has 3 amide bonds. The molecule has 1 heterocycles. The molecule has 108 valence electrons. The second-order valence-electron chi connectivity index (χ2n) is 5.24. The second-order valence-corrected chi connectivity index (χ2v) is 5.24. The molecule has 1 fully saturated rings. The molecular formula is C12H21N3O4. The lowest BCUT2D eigenvalue weighted by atomic mass is 10.0. The Balaban J connectivity index is 2.49. The molecule has 1 saturated heterocycles. The van der Waals surface area contributed by atoms with Crippen molar-refractivity contribution >= 4 is 17.9 Å². The molecule has 0 aromatic rings. The first-order valence-electron chi connectivity index (χ1n) is 6.36. The summed E-state index contributed by atoms with van der Waals surface area (Å²) >= 11 is 0. The van der Waals surface area contributed by atoms with Crippen LogP contribution < -0.4 is 10.6 Å². The van der Waals surface area contributed by atoms with Gasteiger partial charge >= 0.3 is 12.0 Å². The Morgan fingerprint density at radius 1 is 1.47 bits per heavy atom. The number of amides is 3. The third kappa shape index (κ3) is 4.42. The van der Waals surface area contributed by atoms with E-state index >= 15 is 0 Å². The Kier molecular flexibility index (Phi) is 5.14. The molecule has 0 aromatic carbocycles. The van der Waals surface area contributed by atoms with Crippen LogP contribution in [0.4, 0.5) is 4.79 Å². The highest BCUT2D eigenvalue weighted by Gasteiger charge is 2.31. The summed E-state index contributed by atoms with van der Waals surface area (Å²) in [6.45, 7) is 4.36. The zero-order valence-electron chi connectivity index (χ0n) is 11.5. The topological polar surface area (TPSA) is 98.7 Å². The van der Waals surface area contributed by atoms with Crippen molar-refractivity contribution < 1.29 is 19.5 Å². The second kappa shape index (κ2) is 6.40. The van der Waals surface area contributed by atoms with Crippen LogP contribution in [0.25, 0.3) is 0 Å². The third-order valence-electron chi connectivity index (χ3n) is 3.04. The summed E-state index contributed by atoms with van der Waals surface area (Å²) in [4.78, 5) is 35.8.